The van der Waals surface area contributed by atoms with Crippen molar-refractivity contribution in [1.82, 2.24) is 10.6 Å². The highest BCUT2D eigenvalue weighted by molar-refractivity contribution is 14.1. The van der Waals surface area contributed by atoms with Crippen LogP contribution < -0.4 is 16.0 Å². The molecule has 9 nitrogen and oxygen atoms in total. The third-order valence-corrected chi connectivity index (χ3v) is 6.74. The van der Waals surface area contributed by atoms with Crippen LogP contribution in [0.15, 0.2) is 0 Å². The number of aliphatic hydroxyl groups excluding tert-OH is 4. The Morgan fingerprint density at radius 1 is 0.926 bits per heavy atom. The van der Waals surface area contributed by atoms with Crippen molar-refractivity contribution in [3.8, 4) is 0 Å². The molecule has 27 heavy (non-hydrogen) atoms. The second-order valence-electron chi connectivity index (χ2n) is 5.40. The number of nitrogens with one attached hydrogen (secondary N) is 3. The van der Waals surface area contributed by atoms with Crippen molar-refractivity contribution < 1.29 is 30.0 Å². The minimum absolute atomic E-state index is 0.138. The lowest BCUT2D eigenvalue weighted by Crippen LogP contribution is -2.41. The third-order valence-electron chi connectivity index (χ3n) is 3.51. The molecule has 1 aromatic carbocycles. The first-order valence-corrected chi connectivity index (χ1v) is 10.9. The highest BCUT2D eigenvalue weighted by Crippen LogP contribution is 2.35. The van der Waals surface area contributed by atoms with Crippen LogP contribution in [0.3, 0.4) is 0 Å². The highest BCUT2D eigenvalue weighted by Gasteiger charge is 2.28. The van der Waals surface area contributed by atoms with Gasteiger partial charge in [-0.15, -0.1) is 0 Å². The van der Waals surface area contributed by atoms with E-state index in [-0.39, 0.29) is 17.7 Å². The molecule has 0 aliphatic carbocycles. The van der Waals surface area contributed by atoms with Crippen LogP contribution in [0.5, 0.6) is 0 Å². The van der Waals surface area contributed by atoms with E-state index in [1.807, 2.05) is 67.8 Å². The van der Waals surface area contributed by atoms with E-state index in [1.165, 1.54) is 0 Å². The van der Waals surface area contributed by atoms with Crippen LogP contribution in [0.2, 0.25) is 0 Å². The predicted octanol–water partition coefficient (Wildman–Crippen LogP) is -0.292. The fraction of sp³-hybridized carbons (Fsp3) is 0.467. The molecule has 1 unspecified atom stereocenters. The summed E-state index contributed by atoms with van der Waals surface area (Å²) in [5.41, 5.74) is 1.07. The summed E-state index contributed by atoms with van der Waals surface area (Å²) in [6, 6.07) is -0.821. The quantitative estimate of drug-likeness (QED) is 0.174. The van der Waals surface area contributed by atoms with Gasteiger partial charge in [0.15, 0.2) is 0 Å². The molecule has 0 radical (unpaired) electrons. The molecule has 0 aliphatic heterocycles. The number of amides is 2. The summed E-state index contributed by atoms with van der Waals surface area (Å²) >= 11 is 5.89. The Morgan fingerprint density at radius 2 is 1.44 bits per heavy atom. The average Bonchev–Trinajstić information content (AvgIpc) is 2.64. The minimum Gasteiger partial charge on any atom is -0.394 e. The van der Waals surface area contributed by atoms with Crippen LogP contribution in [-0.2, 0) is 0 Å². The number of carbonyl (C=O) groups is 2. The number of aliphatic hydroxyl groups is 4. The van der Waals surface area contributed by atoms with E-state index in [9.17, 15) is 24.9 Å². The van der Waals surface area contributed by atoms with E-state index in [0.717, 1.165) is 0 Å². The molecule has 0 aromatic heterocycles. The van der Waals surface area contributed by atoms with Gasteiger partial charge in [-0.05, 0) is 67.8 Å². The Hall–Kier alpha value is -0.0100. The molecular formula is C15H20I3N3O6. The lowest BCUT2D eigenvalue weighted by molar-refractivity contribution is 0.0800. The Kier molecular flexibility index (Phi) is 11.0. The zero-order chi connectivity index (χ0) is 20.7. The molecule has 152 valence electrons. The Bertz CT molecular complexity index is 700. The van der Waals surface area contributed by atoms with Crippen LogP contribution in [0.25, 0.3) is 0 Å². The van der Waals surface area contributed by atoms with Crippen LogP contribution in [0.4, 0.5) is 5.69 Å². The molecule has 0 bridgehead atoms. The maximum absolute atomic E-state index is 12.7. The maximum atomic E-state index is 12.7. The maximum Gasteiger partial charge on any atom is 0.253 e. The number of carbonyl (C=O) groups excluding carboxylic acids is 2. The number of hydrogen-bond acceptors (Lipinski definition) is 7. The number of halogens is 3. The van der Waals surface area contributed by atoms with E-state index in [2.05, 4.69) is 16.0 Å². The van der Waals surface area contributed by atoms with Gasteiger partial charge in [0.1, 0.15) is 0 Å². The van der Waals surface area contributed by atoms with E-state index < -0.39 is 43.8 Å². The van der Waals surface area contributed by atoms with E-state index in [0.29, 0.717) is 16.4 Å². The summed E-state index contributed by atoms with van der Waals surface area (Å²) in [4.78, 5) is 25.3. The summed E-state index contributed by atoms with van der Waals surface area (Å²) < 4.78 is 1.57. The number of benzene rings is 1. The van der Waals surface area contributed by atoms with Crippen molar-refractivity contribution in [3.05, 3.63) is 21.8 Å². The molecule has 0 aliphatic rings. The largest absolute Gasteiger partial charge is 0.394 e. The molecule has 7 N–H and O–H groups in total. The third kappa shape index (κ3) is 6.23. The fourth-order valence-corrected chi connectivity index (χ4v) is 6.74. The van der Waals surface area contributed by atoms with Gasteiger partial charge in [-0.3, -0.25) is 9.59 Å². The van der Waals surface area contributed by atoms with Gasteiger partial charge in [0, 0.05) is 17.2 Å². The second-order valence-corrected chi connectivity index (χ2v) is 8.64. The van der Waals surface area contributed by atoms with Gasteiger partial charge in [-0.1, -0.05) is 0 Å². The van der Waals surface area contributed by atoms with Gasteiger partial charge in [-0.25, -0.2) is 0 Å². The lowest BCUT2D eigenvalue weighted by atomic mass is 10.1. The highest BCUT2D eigenvalue weighted by atomic mass is 127. The zero-order valence-corrected chi connectivity index (χ0v) is 20.7. The summed E-state index contributed by atoms with van der Waals surface area (Å²) in [5, 5.41) is 44.7. The van der Waals surface area contributed by atoms with Crippen LogP contribution in [0.1, 0.15) is 20.7 Å². The van der Waals surface area contributed by atoms with Gasteiger partial charge in [0.05, 0.1) is 55.9 Å². The standard InChI is InChI=1S/C15H20I3N3O6/c1-19-13-11(17)8(14(26)20-2-7(25)5-24)10(16)9(12(13)18)15(27)21-6(3-22)4-23/h6-7,19,22-25H,2-5H2,1H3,(H,20,26)(H,21,27). The number of rotatable bonds is 9. The first kappa shape index (κ1) is 25.0. The average molecular weight is 719 g/mol. The summed E-state index contributed by atoms with van der Waals surface area (Å²) in [6.45, 7) is -1.47. The molecular weight excluding hydrogens is 699 g/mol. The second kappa shape index (κ2) is 11.9. The molecule has 1 atom stereocenters. The van der Waals surface area contributed by atoms with E-state index >= 15 is 0 Å². The zero-order valence-electron chi connectivity index (χ0n) is 14.2. The molecule has 0 heterocycles. The monoisotopic (exact) mass is 719 g/mol. The van der Waals surface area contributed by atoms with E-state index in [4.69, 9.17) is 5.11 Å². The number of anilines is 1. The SMILES string of the molecule is CNc1c(I)c(C(=O)NCC(O)CO)c(I)c(C(=O)NC(CO)CO)c1I. The van der Waals surface area contributed by atoms with Crippen molar-refractivity contribution >= 4 is 85.3 Å². The lowest BCUT2D eigenvalue weighted by Gasteiger charge is -2.20. The Labute approximate surface area is 197 Å². The fourth-order valence-electron chi connectivity index (χ4n) is 2.05. The topological polar surface area (TPSA) is 151 Å². The van der Waals surface area contributed by atoms with Crippen LogP contribution in [0, 0.1) is 10.7 Å². The van der Waals surface area contributed by atoms with Gasteiger partial charge in [-0.2, -0.15) is 0 Å². The van der Waals surface area contributed by atoms with Gasteiger partial charge in [0.2, 0.25) is 0 Å². The normalized spacial score (nSPS) is 12.0. The van der Waals surface area contributed by atoms with Crippen molar-refractivity contribution in [2.45, 2.75) is 12.1 Å². The van der Waals surface area contributed by atoms with Gasteiger partial charge < -0.3 is 36.4 Å². The molecule has 1 rings (SSSR count). The summed E-state index contributed by atoms with van der Waals surface area (Å²) in [5.74, 6) is -1.03. The molecule has 12 heteroatoms. The van der Waals surface area contributed by atoms with Crippen molar-refractivity contribution in [3.63, 3.8) is 0 Å². The molecule has 1 aromatic rings. The number of hydrogen-bond donors (Lipinski definition) is 7. The summed E-state index contributed by atoms with van der Waals surface area (Å²) in [7, 11) is 1.66. The Morgan fingerprint density at radius 3 is 1.89 bits per heavy atom. The molecule has 0 fully saturated rings. The molecule has 0 saturated carbocycles. The molecule has 2 amide bonds. The summed E-state index contributed by atoms with van der Waals surface area (Å²) in [6.07, 6.45) is -1.09. The van der Waals surface area contributed by atoms with Crippen LogP contribution >= 0.6 is 67.8 Å². The molecule has 0 saturated heterocycles. The molecule has 0 spiro atoms. The first-order chi connectivity index (χ1) is 12.7. The van der Waals surface area contributed by atoms with Crippen LogP contribution in [-0.4, -0.2) is 77.8 Å². The van der Waals surface area contributed by atoms with Crippen molar-refractivity contribution in [2.24, 2.45) is 0 Å². The van der Waals surface area contributed by atoms with Gasteiger partial charge >= 0.3 is 0 Å². The predicted molar refractivity (Wildman–Crippen MR) is 125 cm³/mol. The Balaban J connectivity index is 3.40. The van der Waals surface area contributed by atoms with Gasteiger partial charge in [0.25, 0.3) is 11.8 Å². The van der Waals surface area contributed by atoms with Crippen molar-refractivity contribution in [1.29, 1.82) is 0 Å². The van der Waals surface area contributed by atoms with Crippen molar-refractivity contribution in [2.75, 3.05) is 38.7 Å². The minimum atomic E-state index is -1.09. The first-order valence-electron chi connectivity index (χ1n) is 7.71. The smallest absolute Gasteiger partial charge is 0.253 e. The van der Waals surface area contributed by atoms with E-state index in [1.54, 1.807) is 7.05 Å².